The quantitative estimate of drug-likeness (QED) is 0.340. The van der Waals surface area contributed by atoms with Crippen molar-refractivity contribution in [2.75, 3.05) is 25.6 Å². The van der Waals surface area contributed by atoms with Crippen LogP contribution in [0.5, 0.6) is 11.5 Å². The lowest BCUT2D eigenvalue weighted by molar-refractivity contribution is 0.225. The van der Waals surface area contributed by atoms with Crippen molar-refractivity contribution in [1.29, 1.82) is 0 Å². The molecule has 0 saturated heterocycles. The van der Waals surface area contributed by atoms with Gasteiger partial charge in [-0.2, -0.15) is 0 Å². The predicted molar refractivity (Wildman–Crippen MR) is 126 cm³/mol. The number of anilines is 2. The summed E-state index contributed by atoms with van der Waals surface area (Å²) in [6, 6.07) is 8.06. The molecule has 0 spiro atoms. The largest absolute Gasteiger partial charge is 0.493 e. The fraction of sp³-hybridized carbons (Fsp3) is 0.292. The van der Waals surface area contributed by atoms with Gasteiger partial charge in [-0.15, -0.1) is 0 Å². The molecule has 0 amide bonds. The first kappa shape index (κ1) is 22.4. The highest BCUT2D eigenvalue weighted by molar-refractivity contribution is 6.31. The molecule has 176 valence electrons. The summed E-state index contributed by atoms with van der Waals surface area (Å²) in [5.41, 5.74) is 3.52. The summed E-state index contributed by atoms with van der Waals surface area (Å²) in [6.07, 6.45) is 2.29. The van der Waals surface area contributed by atoms with Gasteiger partial charge in [-0.1, -0.05) is 16.8 Å². The van der Waals surface area contributed by atoms with E-state index in [-0.39, 0.29) is 5.02 Å². The zero-order chi connectivity index (χ0) is 23.7. The van der Waals surface area contributed by atoms with E-state index in [2.05, 4.69) is 25.3 Å². The first-order valence-corrected chi connectivity index (χ1v) is 11.2. The van der Waals surface area contributed by atoms with E-state index in [1.54, 1.807) is 13.2 Å². The number of ether oxygens (including phenoxy) is 2. The molecule has 4 aromatic rings. The van der Waals surface area contributed by atoms with Crippen LogP contribution in [0.25, 0.3) is 10.9 Å². The van der Waals surface area contributed by atoms with Gasteiger partial charge < -0.3 is 19.3 Å². The van der Waals surface area contributed by atoms with E-state index in [1.165, 1.54) is 24.0 Å². The summed E-state index contributed by atoms with van der Waals surface area (Å²) in [4.78, 5) is 11.0. The second-order valence-corrected chi connectivity index (χ2v) is 8.48. The van der Waals surface area contributed by atoms with Gasteiger partial charge in [-0.3, -0.25) is 4.90 Å². The second kappa shape index (κ2) is 9.44. The average molecular weight is 484 g/mol. The number of methoxy groups -OCH3 is 1. The summed E-state index contributed by atoms with van der Waals surface area (Å²) < 4.78 is 30.4. The van der Waals surface area contributed by atoms with Crippen molar-refractivity contribution in [2.24, 2.45) is 0 Å². The smallest absolute Gasteiger partial charge is 0.162 e. The summed E-state index contributed by atoms with van der Waals surface area (Å²) in [7, 11) is 1.59. The average Bonchev–Trinajstić information content (AvgIpc) is 3.40. The van der Waals surface area contributed by atoms with E-state index in [9.17, 15) is 4.39 Å². The number of hydrogen-bond donors (Lipinski definition) is 1. The maximum Gasteiger partial charge on any atom is 0.162 e. The topological polar surface area (TPSA) is 85.5 Å². The number of aryl methyl sites for hydroxylation is 1. The Hall–Kier alpha value is -3.43. The van der Waals surface area contributed by atoms with Crippen LogP contribution in [0.4, 0.5) is 15.9 Å². The van der Waals surface area contributed by atoms with Crippen LogP contribution in [-0.2, 0) is 13.1 Å². The number of nitrogens with zero attached hydrogens (tertiary/aromatic N) is 4. The monoisotopic (exact) mass is 483 g/mol. The standard InChI is InChI=1S/C24H23ClFN5O3/c1-14-17-11-31(12-21(17)30-34-14)6-3-7-33-23-9-16-20(10-22(23)32-2)27-13-28-24(16)29-15-4-5-19(26)18(25)8-15/h4-5,8-10,13H,3,6-7,11-12H2,1-2H3,(H,27,28,29). The minimum Gasteiger partial charge on any atom is -0.493 e. The zero-order valence-corrected chi connectivity index (χ0v) is 19.5. The molecule has 1 aliphatic heterocycles. The van der Waals surface area contributed by atoms with Crippen molar-refractivity contribution < 1.29 is 18.4 Å². The van der Waals surface area contributed by atoms with Crippen molar-refractivity contribution in [1.82, 2.24) is 20.0 Å². The minimum atomic E-state index is -0.481. The molecule has 0 radical (unpaired) electrons. The van der Waals surface area contributed by atoms with Crippen molar-refractivity contribution in [3.8, 4) is 11.5 Å². The Bertz CT molecular complexity index is 1350. The summed E-state index contributed by atoms with van der Waals surface area (Å²) in [5, 5.41) is 8.06. The van der Waals surface area contributed by atoms with Gasteiger partial charge in [0.05, 0.1) is 24.3 Å². The fourth-order valence-electron chi connectivity index (χ4n) is 4.03. The number of halogens is 2. The van der Waals surface area contributed by atoms with E-state index >= 15 is 0 Å². The lowest BCUT2D eigenvalue weighted by Crippen LogP contribution is -2.20. The van der Waals surface area contributed by atoms with Crippen LogP contribution in [0.1, 0.15) is 23.4 Å². The number of fused-ring (bicyclic) bond motifs is 2. The molecule has 0 fully saturated rings. The molecule has 0 unspecified atom stereocenters. The lowest BCUT2D eigenvalue weighted by Gasteiger charge is -2.16. The zero-order valence-electron chi connectivity index (χ0n) is 18.8. The van der Waals surface area contributed by atoms with Crippen LogP contribution >= 0.6 is 11.6 Å². The Morgan fingerprint density at radius 2 is 2.06 bits per heavy atom. The molecule has 34 heavy (non-hydrogen) atoms. The highest BCUT2D eigenvalue weighted by Gasteiger charge is 2.24. The molecule has 0 atom stereocenters. The van der Waals surface area contributed by atoms with Crippen LogP contribution in [0.2, 0.25) is 5.02 Å². The molecule has 0 bridgehead atoms. The van der Waals surface area contributed by atoms with Gasteiger partial charge >= 0.3 is 0 Å². The molecule has 8 nitrogen and oxygen atoms in total. The Morgan fingerprint density at radius 3 is 2.85 bits per heavy atom. The summed E-state index contributed by atoms with van der Waals surface area (Å²) in [5.74, 6) is 2.15. The SMILES string of the molecule is COc1cc2ncnc(Nc3ccc(F)c(Cl)c3)c2cc1OCCCN1Cc2noc(C)c2C1. The Kier molecular flexibility index (Phi) is 6.21. The van der Waals surface area contributed by atoms with Crippen LogP contribution in [0, 0.1) is 12.7 Å². The van der Waals surface area contributed by atoms with Gasteiger partial charge in [0, 0.05) is 42.3 Å². The van der Waals surface area contributed by atoms with Crippen LogP contribution in [-0.4, -0.2) is 40.3 Å². The predicted octanol–water partition coefficient (Wildman–Crippen LogP) is 5.26. The maximum atomic E-state index is 13.5. The normalized spacial score (nSPS) is 13.3. The van der Waals surface area contributed by atoms with Gasteiger partial charge in [-0.05, 0) is 37.6 Å². The fourth-order valence-corrected chi connectivity index (χ4v) is 4.21. The number of benzene rings is 2. The maximum absolute atomic E-state index is 13.5. The van der Waals surface area contributed by atoms with Gasteiger partial charge in [0.2, 0.25) is 0 Å². The third-order valence-corrected chi connectivity index (χ3v) is 6.09. The van der Waals surface area contributed by atoms with E-state index in [4.69, 9.17) is 25.6 Å². The molecule has 1 N–H and O–H groups in total. The van der Waals surface area contributed by atoms with Crippen LogP contribution in [0.3, 0.4) is 0 Å². The third-order valence-electron chi connectivity index (χ3n) is 5.80. The highest BCUT2D eigenvalue weighted by Crippen LogP contribution is 2.35. The van der Waals surface area contributed by atoms with Gasteiger partial charge in [0.1, 0.15) is 29.4 Å². The minimum absolute atomic E-state index is 0.0294. The Labute approximate surface area is 200 Å². The van der Waals surface area contributed by atoms with Crippen LogP contribution < -0.4 is 14.8 Å². The molecule has 0 saturated carbocycles. The van der Waals surface area contributed by atoms with E-state index in [0.29, 0.717) is 35.1 Å². The molecule has 5 rings (SSSR count). The molecule has 1 aliphatic rings. The molecule has 0 aliphatic carbocycles. The Balaban J connectivity index is 1.28. The summed E-state index contributed by atoms with van der Waals surface area (Å²) in [6.45, 7) is 4.99. The van der Waals surface area contributed by atoms with E-state index < -0.39 is 5.82 Å². The highest BCUT2D eigenvalue weighted by atomic mass is 35.5. The van der Waals surface area contributed by atoms with E-state index in [1.807, 2.05) is 19.1 Å². The van der Waals surface area contributed by atoms with Crippen molar-refractivity contribution in [3.63, 3.8) is 0 Å². The molecule has 2 aromatic heterocycles. The number of rotatable bonds is 8. The first-order chi connectivity index (χ1) is 16.5. The van der Waals surface area contributed by atoms with Gasteiger partial charge in [0.15, 0.2) is 11.5 Å². The Morgan fingerprint density at radius 1 is 1.18 bits per heavy atom. The molecule has 3 heterocycles. The van der Waals surface area contributed by atoms with Crippen molar-refractivity contribution in [3.05, 3.63) is 64.5 Å². The van der Waals surface area contributed by atoms with Crippen molar-refractivity contribution in [2.45, 2.75) is 26.4 Å². The lowest BCUT2D eigenvalue weighted by atomic mass is 10.2. The number of nitrogens with one attached hydrogen (secondary N) is 1. The second-order valence-electron chi connectivity index (χ2n) is 8.07. The molecular weight excluding hydrogens is 461 g/mol. The van der Waals surface area contributed by atoms with E-state index in [0.717, 1.165) is 42.9 Å². The van der Waals surface area contributed by atoms with Gasteiger partial charge in [0.25, 0.3) is 0 Å². The van der Waals surface area contributed by atoms with Crippen LogP contribution in [0.15, 0.2) is 41.2 Å². The number of aromatic nitrogens is 3. The van der Waals surface area contributed by atoms with Gasteiger partial charge in [-0.25, -0.2) is 14.4 Å². The molecule has 10 heteroatoms. The third kappa shape index (κ3) is 4.49. The first-order valence-electron chi connectivity index (χ1n) is 10.9. The van der Waals surface area contributed by atoms with Crippen molar-refractivity contribution >= 4 is 34.0 Å². The summed E-state index contributed by atoms with van der Waals surface area (Å²) >= 11 is 5.91. The number of hydrogen-bond acceptors (Lipinski definition) is 8. The molecular formula is C24H23ClFN5O3. The molecule has 2 aromatic carbocycles.